The van der Waals surface area contributed by atoms with E-state index in [0.29, 0.717) is 12.8 Å². The second kappa shape index (κ2) is 8.49. The predicted octanol–water partition coefficient (Wildman–Crippen LogP) is 2.13. The number of carbonyl (C=O) groups excluding carboxylic acids is 1. The van der Waals surface area contributed by atoms with Crippen LogP contribution in [-0.4, -0.2) is 35.0 Å². The van der Waals surface area contributed by atoms with Crippen molar-refractivity contribution in [2.75, 3.05) is 6.54 Å². The van der Waals surface area contributed by atoms with Crippen molar-refractivity contribution in [1.29, 1.82) is 0 Å². The van der Waals surface area contributed by atoms with Crippen LogP contribution in [0.1, 0.15) is 29.5 Å². The fourth-order valence-electron chi connectivity index (χ4n) is 2.59. The first-order valence-electron chi connectivity index (χ1n) is 8.13. The largest absolute Gasteiger partial charge is 0.391 e. The summed E-state index contributed by atoms with van der Waals surface area (Å²) in [7, 11) is 0. The Labute approximate surface area is 142 Å². The molecule has 2 rings (SSSR count). The molecule has 0 aliphatic heterocycles. The maximum Gasteiger partial charge on any atom is 0.315 e. The maximum absolute atomic E-state index is 11.9. The lowest BCUT2D eigenvalue weighted by atomic mass is 10.1. The van der Waals surface area contributed by atoms with Gasteiger partial charge in [-0.25, -0.2) is 4.79 Å². The van der Waals surface area contributed by atoms with Gasteiger partial charge < -0.3 is 20.3 Å². The quantitative estimate of drug-likeness (QED) is 0.725. The van der Waals surface area contributed by atoms with Crippen LogP contribution in [0.3, 0.4) is 0 Å². The topological polar surface area (TPSA) is 87.4 Å². The molecule has 1 aromatic carbocycles. The van der Waals surface area contributed by atoms with Crippen molar-refractivity contribution in [2.45, 2.75) is 45.8 Å². The third-order valence-electron chi connectivity index (χ3n) is 3.88. The van der Waals surface area contributed by atoms with Gasteiger partial charge in [0.15, 0.2) is 0 Å². The van der Waals surface area contributed by atoms with Crippen LogP contribution in [-0.2, 0) is 12.8 Å². The third kappa shape index (κ3) is 5.38. The number of carbonyl (C=O) groups is 1. The number of aryl methyl sites for hydroxylation is 2. The van der Waals surface area contributed by atoms with Crippen LogP contribution in [0.2, 0.25) is 0 Å². The normalized spacial score (nSPS) is 13.3. The molecule has 6 nitrogen and oxygen atoms in total. The first kappa shape index (κ1) is 18.0. The highest BCUT2D eigenvalue weighted by Crippen LogP contribution is 2.14. The number of rotatable bonds is 7. The number of urea groups is 1. The highest BCUT2D eigenvalue weighted by Gasteiger charge is 2.15. The van der Waals surface area contributed by atoms with E-state index in [2.05, 4.69) is 15.8 Å². The zero-order valence-electron chi connectivity index (χ0n) is 14.4. The Morgan fingerprint density at radius 1 is 1.25 bits per heavy atom. The smallest absolute Gasteiger partial charge is 0.315 e. The molecule has 2 amide bonds. The lowest BCUT2D eigenvalue weighted by molar-refractivity contribution is 0.170. The molecule has 6 heteroatoms. The zero-order valence-corrected chi connectivity index (χ0v) is 14.4. The highest BCUT2D eigenvalue weighted by molar-refractivity contribution is 5.74. The molecule has 130 valence electrons. The monoisotopic (exact) mass is 331 g/mol. The van der Waals surface area contributed by atoms with Crippen molar-refractivity contribution in [3.63, 3.8) is 0 Å². The van der Waals surface area contributed by atoms with E-state index in [0.717, 1.165) is 22.6 Å². The van der Waals surface area contributed by atoms with E-state index in [1.165, 1.54) is 0 Å². The summed E-state index contributed by atoms with van der Waals surface area (Å²) >= 11 is 0. The van der Waals surface area contributed by atoms with Crippen molar-refractivity contribution < 1.29 is 14.4 Å². The highest BCUT2D eigenvalue weighted by atomic mass is 16.5. The van der Waals surface area contributed by atoms with Gasteiger partial charge in [0, 0.05) is 24.6 Å². The van der Waals surface area contributed by atoms with E-state index < -0.39 is 6.10 Å². The van der Waals surface area contributed by atoms with Gasteiger partial charge in [-0.15, -0.1) is 0 Å². The van der Waals surface area contributed by atoms with Gasteiger partial charge >= 0.3 is 6.03 Å². The van der Waals surface area contributed by atoms with E-state index in [1.54, 1.807) is 0 Å². The van der Waals surface area contributed by atoms with E-state index in [4.69, 9.17) is 4.52 Å². The number of hydrogen-bond donors (Lipinski definition) is 3. The second-order valence-corrected chi connectivity index (χ2v) is 6.11. The first-order valence-corrected chi connectivity index (χ1v) is 8.13. The van der Waals surface area contributed by atoms with E-state index in [1.807, 2.05) is 51.1 Å². The molecule has 0 radical (unpaired) electrons. The summed E-state index contributed by atoms with van der Waals surface area (Å²) < 4.78 is 5.13. The van der Waals surface area contributed by atoms with Crippen molar-refractivity contribution in [3.05, 3.63) is 52.9 Å². The molecule has 2 atom stereocenters. The van der Waals surface area contributed by atoms with Gasteiger partial charge in [0.25, 0.3) is 0 Å². The van der Waals surface area contributed by atoms with Gasteiger partial charge in [-0.05, 0) is 32.8 Å². The molecular formula is C18H25N3O3. The second-order valence-electron chi connectivity index (χ2n) is 6.11. The number of amides is 2. The summed E-state index contributed by atoms with van der Waals surface area (Å²) in [6, 6.07) is 9.35. The van der Waals surface area contributed by atoms with Crippen molar-refractivity contribution in [1.82, 2.24) is 15.8 Å². The van der Waals surface area contributed by atoms with Crippen LogP contribution in [0.4, 0.5) is 4.79 Å². The molecule has 1 aromatic heterocycles. The standard InChI is InChI=1S/C18H25N3O3/c1-12(9-17-13(2)21-24-14(17)3)20-18(23)19-11-16(22)10-15-7-5-4-6-8-15/h4-8,12,16,22H,9-11H2,1-3H3,(H2,19,20,23). The fraction of sp³-hybridized carbons (Fsp3) is 0.444. The minimum Gasteiger partial charge on any atom is -0.391 e. The van der Waals surface area contributed by atoms with E-state index >= 15 is 0 Å². The average Bonchev–Trinajstić information content (AvgIpc) is 2.86. The molecule has 0 aliphatic rings. The molecule has 0 saturated heterocycles. The van der Waals surface area contributed by atoms with Gasteiger partial charge in [-0.3, -0.25) is 0 Å². The van der Waals surface area contributed by atoms with Crippen molar-refractivity contribution >= 4 is 6.03 Å². The number of aliphatic hydroxyl groups excluding tert-OH is 1. The van der Waals surface area contributed by atoms with Crippen LogP contribution < -0.4 is 10.6 Å². The van der Waals surface area contributed by atoms with E-state index in [9.17, 15) is 9.90 Å². The average molecular weight is 331 g/mol. The van der Waals surface area contributed by atoms with Gasteiger partial charge in [0.1, 0.15) is 5.76 Å². The summed E-state index contributed by atoms with van der Waals surface area (Å²) in [5, 5.41) is 19.5. The number of hydrogen-bond acceptors (Lipinski definition) is 4. The molecule has 0 spiro atoms. The third-order valence-corrected chi connectivity index (χ3v) is 3.88. The molecular weight excluding hydrogens is 306 g/mol. The summed E-state index contributed by atoms with van der Waals surface area (Å²) in [6.45, 7) is 5.88. The summed E-state index contributed by atoms with van der Waals surface area (Å²) in [5.74, 6) is 0.778. The zero-order chi connectivity index (χ0) is 17.5. The molecule has 2 unspecified atom stereocenters. The van der Waals surface area contributed by atoms with Crippen LogP contribution in [0, 0.1) is 13.8 Å². The Bertz CT molecular complexity index is 635. The van der Waals surface area contributed by atoms with Crippen LogP contribution in [0.25, 0.3) is 0 Å². The van der Waals surface area contributed by atoms with Crippen molar-refractivity contribution in [2.24, 2.45) is 0 Å². The minimum absolute atomic E-state index is 0.0620. The minimum atomic E-state index is -0.615. The Kier molecular flexibility index (Phi) is 6.37. The van der Waals surface area contributed by atoms with Crippen LogP contribution in [0.5, 0.6) is 0 Å². The van der Waals surface area contributed by atoms with Crippen LogP contribution >= 0.6 is 0 Å². The molecule has 0 fully saturated rings. The Morgan fingerprint density at radius 2 is 1.96 bits per heavy atom. The Balaban J connectivity index is 1.72. The molecule has 0 saturated carbocycles. The van der Waals surface area contributed by atoms with Crippen LogP contribution in [0.15, 0.2) is 34.9 Å². The summed E-state index contributed by atoms with van der Waals surface area (Å²) in [5.41, 5.74) is 2.91. The van der Waals surface area contributed by atoms with Gasteiger partial charge in [0.05, 0.1) is 11.8 Å². The maximum atomic E-state index is 11.9. The van der Waals surface area contributed by atoms with Gasteiger partial charge in [-0.1, -0.05) is 35.5 Å². The number of nitrogens with one attached hydrogen (secondary N) is 2. The number of aliphatic hydroxyl groups is 1. The first-order chi connectivity index (χ1) is 11.5. The number of aromatic nitrogens is 1. The lowest BCUT2D eigenvalue weighted by Crippen LogP contribution is -2.44. The molecule has 0 bridgehead atoms. The van der Waals surface area contributed by atoms with Gasteiger partial charge in [0.2, 0.25) is 0 Å². The SMILES string of the molecule is Cc1noc(C)c1CC(C)NC(=O)NCC(O)Cc1ccccc1. The molecule has 0 aliphatic carbocycles. The molecule has 2 aromatic rings. The van der Waals surface area contributed by atoms with Gasteiger partial charge in [-0.2, -0.15) is 0 Å². The summed E-state index contributed by atoms with van der Waals surface area (Å²) in [6.07, 6.45) is 0.549. The molecule has 3 N–H and O–H groups in total. The number of benzene rings is 1. The Hall–Kier alpha value is -2.34. The van der Waals surface area contributed by atoms with Crippen molar-refractivity contribution in [3.8, 4) is 0 Å². The fourth-order valence-corrected chi connectivity index (χ4v) is 2.59. The molecule has 1 heterocycles. The Morgan fingerprint density at radius 3 is 2.58 bits per heavy atom. The van der Waals surface area contributed by atoms with E-state index in [-0.39, 0.29) is 18.6 Å². The summed E-state index contributed by atoms with van der Waals surface area (Å²) in [4.78, 5) is 11.9. The lowest BCUT2D eigenvalue weighted by Gasteiger charge is -2.16. The predicted molar refractivity (Wildman–Crippen MR) is 91.8 cm³/mol. The molecule has 24 heavy (non-hydrogen) atoms. The number of nitrogens with zero attached hydrogens (tertiary/aromatic N) is 1.